The van der Waals surface area contributed by atoms with E-state index in [2.05, 4.69) is 11.2 Å². The van der Waals surface area contributed by atoms with Gasteiger partial charge in [0.05, 0.1) is 16.6 Å². The summed E-state index contributed by atoms with van der Waals surface area (Å²) in [6.07, 6.45) is 0. The zero-order valence-corrected chi connectivity index (χ0v) is 18.6. The van der Waals surface area contributed by atoms with Gasteiger partial charge in [-0.3, -0.25) is 14.5 Å². The Balaban J connectivity index is 1.86. The van der Waals surface area contributed by atoms with Crippen LogP contribution in [0, 0.1) is 13.8 Å². The summed E-state index contributed by atoms with van der Waals surface area (Å²) in [6.45, 7) is 8.11. The molecule has 154 valence electrons. The molecule has 6 nitrogen and oxygen atoms in total. The average Bonchev–Trinajstić information content (AvgIpc) is 3.00. The number of hydrogen-bond donors (Lipinski definition) is 0. The summed E-state index contributed by atoms with van der Waals surface area (Å²) in [4.78, 5) is 32.8. The summed E-state index contributed by atoms with van der Waals surface area (Å²) < 4.78 is 1.23. The van der Waals surface area contributed by atoms with Gasteiger partial charge in [0.15, 0.2) is 10.9 Å². The number of rotatable bonds is 2. The van der Waals surface area contributed by atoms with Crippen molar-refractivity contribution in [3.63, 3.8) is 0 Å². The van der Waals surface area contributed by atoms with Crippen LogP contribution in [0.15, 0.2) is 52.3 Å². The molecule has 2 heterocycles. The van der Waals surface area contributed by atoms with E-state index in [1.807, 2.05) is 45.9 Å². The fourth-order valence-corrected chi connectivity index (χ4v) is 4.90. The summed E-state index contributed by atoms with van der Waals surface area (Å²) in [5.41, 5.74) is 2.68. The lowest BCUT2D eigenvalue weighted by Crippen LogP contribution is -2.47. The zero-order valence-electron chi connectivity index (χ0n) is 17.8. The highest BCUT2D eigenvalue weighted by molar-refractivity contribution is 8.14. The van der Waals surface area contributed by atoms with Gasteiger partial charge in [0.25, 0.3) is 11.5 Å². The predicted octanol–water partition coefficient (Wildman–Crippen LogP) is 4.21. The van der Waals surface area contributed by atoms with Crippen LogP contribution in [0.1, 0.15) is 35.5 Å². The third-order valence-electron chi connectivity index (χ3n) is 5.28. The highest BCUT2D eigenvalue weighted by Crippen LogP contribution is 2.36. The average molecular weight is 421 g/mol. The number of amidine groups is 1. The Bertz CT molecular complexity index is 1260. The number of aliphatic imine (C=N–C) groups is 1. The van der Waals surface area contributed by atoms with Crippen molar-refractivity contribution in [3.05, 3.63) is 69.6 Å². The van der Waals surface area contributed by atoms with Crippen LogP contribution < -0.4 is 5.56 Å². The van der Waals surface area contributed by atoms with Gasteiger partial charge in [-0.2, -0.15) is 5.10 Å². The van der Waals surface area contributed by atoms with Gasteiger partial charge in [-0.05, 0) is 45.4 Å². The number of aromatic nitrogens is 2. The van der Waals surface area contributed by atoms with Gasteiger partial charge in [-0.1, -0.05) is 47.7 Å². The Morgan fingerprint density at radius 2 is 1.83 bits per heavy atom. The van der Waals surface area contributed by atoms with E-state index in [4.69, 9.17) is 4.99 Å². The smallest absolute Gasteiger partial charge is 0.279 e. The first kappa shape index (κ1) is 20.3. The van der Waals surface area contributed by atoms with Crippen LogP contribution in [-0.2, 0) is 7.05 Å². The van der Waals surface area contributed by atoms with Crippen LogP contribution in [0.3, 0.4) is 0 Å². The van der Waals surface area contributed by atoms with Crippen molar-refractivity contribution in [1.82, 2.24) is 14.7 Å². The largest absolute Gasteiger partial charge is 0.281 e. The van der Waals surface area contributed by atoms with E-state index in [-0.39, 0.29) is 17.2 Å². The van der Waals surface area contributed by atoms with Crippen LogP contribution in [0.5, 0.6) is 0 Å². The number of carbonyl (C=O) groups excluding carboxylic acids is 1. The van der Waals surface area contributed by atoms with Gasteiger partial charge in [0.1, 0.15) is 0 Å². The molecule has 30 heavy (non-hydrogen) atoms. The molecular formula is C23H24N4O2S. The van der Waals surface area contributed by atoms with Gasteiger partial charge in [0.2, 0.25) is 0 Å². The maximum absolute atomic E-state index is 13.7. The van der Waals surface area contributed by atoms with Crippen LogP contribution in [0.25, 0.3) is 10.8 Å². The summed E-state index contributed by atoms with van der Waals surface area (Å²) in [6, 6.07) is 13.2. The van der Waals surface area contributed by atoms with E-state index in [1.165, 1.54) is 10.2 Å². The maximum Gasteiger partial charge on any atom is 0.281 e. The summed E-state index contributed by atoms with van der Waals surface area (Å²) >= 11 is 1.56. The molecule has 0 saturated carbocycles. The van der Waals surface area contributed by atoms with Crippen LogP contribution in [0.2, 0.25) is 0 Å². The number of hydrogen-bond acceptors (Lipinski definition) is 5. The number of fused-ring (bicyclic) bond motifs is 1. The first-order valence-corrected chi connectivity index (χ1v) is 10.8. The summed E-state index contributed by atoms with van der Waals surface area (Å²) in [5.74, 6) is 0.479. The Morgan fingerprint density at radius 1 is 1.13 bits per heavy atom. The molecule has 1 aliphatic heterocycles. The van der Waals surface area contributed by atoms with E-state index in [0.717, 1.165) is 17.0 Å². The fourth-order valence-electron chi connectivity index (χ4n) is 3.67. The SMILES string of the molecule is Cc1ccc(N=C2SCC(C)(C)N2C(=O)c2nn(C)c(=O)c3ccccc23)c(C)c1. The maximum atomic E-state index is 13.7. The van der Waals surface area contributed by atoms with Crippen molar-refractivity contribution >= 4 is 39.3 Å². The van der Waals surface area contributed by atoms with E-state index in [0.29, 0.717) is 15.9 Å². The molecule has 3 aromatic rings. The molecule has 1 aromatic heterocycles. The lowest BCUT2D eigenvalue weighted by atomic mass is 10.0. The number of carbonyl (C=O) groups is 1. The number of thioether (sulfide) groups is 1. The minimum absolute atomic E-state index is 0.221. The van der Waals surface area contributed by atoms with Gasteiger partial charge < -0.3 is 0 Å². The zero-order chi connectivity index (χ0) is 21.6. The van der Waals surface area contributed by atoms with Crippen LogP contribution in [-0.4, -0.2) is 37.0 Å². The Morgan fingerprint density at radius 3 is 2.53 bits per heavy atom. The second-order valence-corrected chi connectivity index (χ2v) is 9.19. The quantitative estimate of drug-likeness (QED) is 0.623. The number of benzene rings is 2. The number of amides is 1. The predicted molar refractivity (Wildman–Crippen MR) is 123 cm³/mol. The third kappa shape index (κ3) is 3.43. The molecule has 1 aliphatic rings. The molecule has 7 heteroatoms. The lowest BCUT2D eigenvalue weighted by Gasteiger charge is -2.30. The molecule has 4 rings (SSSR count). The first-order chi connectivity index (χ1) is 14.2. The van der Waals surface area contributed by atoms with Crippen molar-refractivity contribution in [2.24, 2.45) is 12.0 Å². The Hall–Kier alpha value is -2.93. The molecule has 0 bridgehead atoms. The molecule has 0 aliphatic carbocycles. The van der Waals surface area contributed by atoms with Crippen molar-refractivity contribution in [2.75, 3.05) is 5.75 Å². The van der Waals surface area contributed by atoms with Crippen molar-refractivity contribution in [2.45, 2.75) is 33.2 Å². The van der Waals surface area contributed by atoms with Crippen molar-refractivity contribution in [1.29, 1.82) is 0 Å². The molecule has 0 unspecified atom stereocenters. The van der Waals surface area contributed by atoms with E-state index >= 15 is 0 Å². The second-order valence-electron chi connectivity index (χ2n) is 8.25. The summed E-state index contributed by atoms with van der Waals surface area (Å²) in [7, 11) is 1.57. The molecule has 0 atom stereocenters. The standard InChI is InChI=1S/C23H24N4O2S/c1-14-10-11-18(15(2)12-14)24-22-27(23(3,4)13-30-22)21(29)19-16-8-6-7-9-17(16)20(28)26(5)25-19/h6-12H,13H2,1-5H3. The second kappa shape index (κ2) is 7.40. The van der Waals surface area contributed by atoms with E-state index < -0.39 is 5.54 Å². The molecule has 1 amide bonds. The normalized spacial score (nSPS) is 17.1. The molecule has 0 radical (unpaired) electrons. The monoisotopic (exact) mass is 420 g/mol. The highest BCUT2D eigenvalue weighted by atomic mass is 32.2. The van der Waals surface area contributed by atoms with Crippen molar-refractivity contribution < 1.29 is 4.79 Å². The fraction of sp³-hybridized carbons (Fsp3) is 0.304. The molecule has 0 N–H and O–H groups in total. The number of aryl methyl sites for hydroxylation is 3. The van der Waals surface area contributed by atoms with Crippen LogP contribution >= 0.6 is 11.8 Å². The van der Waals surface area contributed by atoms with Gasteiger partial charge >= 0.3 is 0 Å². The minimum Gasteiger partial charge on any atom is -0.279 e. The van der Waals surface area contributed by atoms with Crippen LogP contribution in [0.4, 0.5) is 5.69 Å². The van der Waals surface area contributed by atoms with E-state index in [9.17, 15) is 9.59 Å². The molecule has 2 aromatic carbocycles. The Labute approximate surface area is 179 Å². The molecule has 0 spiro atoms. The van der Waals surface area contributed by atoms with E-state index in [1.54, 1.807) is 41.9 Å². The van der Waals surface area contributed by atoms with Gasteiger partial charge in [-0.15, -0.1) is 0 Å². The molecular weight excluding hydrogens is 396 g/mol. The third-order valence-corrected chi connectivity index (χ3v) is 6.66. The lowest BCUT2D eigenvalue weighted by molar-refractivity contribution is 0.0761. The molecule has 1 saturated heterocycles. The minimum atomic E-state index is -0.434. The number of nitrogens with zero attached hydrogens (tertiary/aromatic N) is 4. The van der Waals surface area contributed by atoms with Crippen molar-refractivity contribution in [3.8, 4) is 0 Å². The summed E-state index contributed by atoms with van der Waals surface area (Å²) in [5, 5.41) is 6.02. The van der Waals surface area contributed by atoms with Gasteiger partial charge in [0, 0.05) is 18.2 Å². The first-order valence-electron chi connectivity index (χ1n) is 9.78. The highest BCUT2D eigenvalue weighted by Gasteiger charge is 2.43. The topological polar surface area (TPSA) is 67.6 Å². The van der Waals surface area contributed by atoms with Gasteiger partial charge in [-0.25, -0.2) is 9.67 Å². The Kier molecular flexibility index (Phi) is 5.02. The molecule has 1 fully saturated rings.